The third kappa shape index (κ3) is 10.3. The molecule has 0 radical (unpaired) electrons. The van der Waals surface area contributed by atoms with Gasteiger partial charge in [0.25, 0.3) is 5.56 Å². The molecule has 6 aromatic rings. The van der Waals surface area contributed by atoms with Crippen molar-refractivity contribution in [1.82, 2.24) is 25.1 Å². The third-order valence-corrected chi connectivity index (χ3v) is 21.0. The number of unbranched alkanes of at least 4 members (excludes halogenated alkanes) is 1. The molecule has 5 atom stereocenters. The van der Waals surface area contributed by atoms with E-state index in [2.05, 4.69) is 15.5 Å². The minimum atomic E-state index is -1.93. The zero-order chi connectivity index (χ0) is 59.4. The molecule has 2 aromatic heterocycles. The lowest BCUT2D eigenvalue weighted by Crippen LogP contribution is -2.48. The molecule has 3 N–H and O–H groups in total. The molecule has 0 bridgehead atoms. The first-order valence-electron chi connectivity index (χ1n) is 28.8. The first-order valence-corrected chi connectivity index (χ1v) is 32.4. The Morgan fingerprint density at radius 3 is 2.28 bits per heavy atom. The van der Waals surface area contributed by atoms with Gasteiger partial charge in [0.1, 0.15) is 42.8 Å². The summed E-state index contributed by atoms with van der Waals surface area (Å²) in [5.41, 5.74) is 3.47. The van der Waals surface area contributed by atoms with Gasteiger partial charge in [-0.05, 0) is 85.8 Å². The number of carbonyl (C=O) groups excluding carboxylic acids is 6. The van der Waals surface area contributed by atoms with E-state index >= 15 is 0 Å². The van der Waals surface area contributed by atoms with E-state index in [-0.39, 0.29) is 85.0 Å². The van der Waals surface area contributed by atoms with Crippen LogP contribution in [0, 0.1) is 0 Å². The Balaban J connectivity index is 0.577. The summed E-state index contributed by atoms with van der Waals surface area (Å²) in [5, 5.41) is 18.4. The number of esters is 2. The lowest BCUT2D eigenvalue weighted by atomic mass is 9.77. The van der Waals surface area contributed by atoms with Gasteiger partial charge in [0.15, 0.2) is 11.2 Å². The van der Waals surface area contributed by atoms with Crippen LogP contribution in [-0.4, -0.2) is 130 Å². The summed E-state index contributed by atoms with van der Waals surface area (Å²) in [7, 11) is 2.83. The Bertz CT molecular complexity index is 3850. The highest BCUT2D eigenvalue weighted by molar-refractivity contribution is 8.76. The van der Waals surface area contributed by atoms with E-state index in [9.17, 15) is 38.7 Å². The second-order valence-electron chi connectivity index (χ2n) is 21.9. The number of rotatable bonds is 17. The van der Waals surface area contributed by atoms with E-state index in [4.69, 9.17) is 38.1 Å². The number of anilines is 1. The fraction of sp³-hybridized carbons (Fsp3) is 0.387. The van der Waals surface area contributed by atoms with Gasteiger partial charge >= 0.3 is 30.3 Å². The van der Waals surface area contributed by atoms with E-state index in [1.807, 2.05) is 53.9 Å². The van der Waals surface area contributed by atoms with E-state index in [0.717, 1.165) is 47.2 Å². The number of fused-ring (bicyclic) bond motifs is 12. The van der Waals surface area contributed by atoms with Crippen LogP contribution in [0.25, 0.3) is 22.3 Å². The second kappa shape index (κ2) is 23.4. The molecule has 24 heteroatoms. The van der Waals surface area contributed by atoms with E-state index in [0.29, 0.717) is 106 Å². The standard InChI is InChI=1S/C62H60N6O15S3/c1-3-37-39-28-35(15-18-46(39)63-53-40(37)31-68-48(53)30-45-41(55(68)70)32-79-57(72)61(45,76)4-2)80-59(74)77-23-25-85-86-26-24-78-60(75)81-36-14-17-44-50(29-36)82-49-27-34(13-16-43(49)62(44)42-10-6-5-9-38(42)56(71)83-62)66-19-21-67(22-20-66)52(69)12-8-7-11-51-54-47(33-84-51)64-58(73)65-54/h5-6,9-10,13-18,27-30,47,51,54,76H,3-4,7-8,11-12,19-26,31-33H2,1-2H3,(H2,64,65,73)/t47?,51-,54?,61-,62?/m0/s1. The number of carbonyl (C=O) groups is 6. The van der Waals surface area contributed by atoms with Crippen molar-refractivity contribution >= 4 is 86.1 Å². The number of piperazine rings is 1. The summed E-state index contributed by atoms with van der Waals surface area (Å²) < 4.78 is 41.7. The molecule has 4 aromatic carbocycles. The largest absolute Gasteiger partial charge is 0.513 e. The number of thioether (sulfide) groups is 1. The molecule has 3 saturated heterocycles. The van der Waals surface area contributed by atoms with Crippen LogP contribution in [0.3, 0.4) is 0 Å². The number of benzene rings is 4. The summed E-state index contributed by atoms with van der Waals surface area (Å²) >= 11 is 1.89. The summed E-state index contributed by atoms with van der Waals surface area (Å²) in [6.07, 6.45) is 1.97. The van der Waals surface area contributed by atoms with Crippen molar-refractivity contribution in [2.75, 3.05) is 61.6 Å². The van der Waals surface area contributed by atoms with E-state index in [1.54, 1.807) is 66.1 Å². The lowest BCUT2D eigenvalue weighted by Gasteiger charge is -2.39. The molecule has 3 unspecified atom stereocenters. The topological polar surface area (TPSA) is 253 Å². The molecule has 7 aliphatic heterocycles. The van der Waals surface area contributed by atoms with Gasteiger partial charge in [0.05, 0.1) is 46.7 Å². The van der Waals surface area contributed by atoms with Crippen LogP contribution in [0.1, 0.15) is 95.3 Å². The molecular formula is C62H60N6O15S3. The molecule has 13 rings (SSSR count). The molecule has 0 aliphatic carbocycles. The quantitative estimate of drug-likeness (QED) is 0.0192. The number of amides is 3. The highest BCUT2D eigenvalue weighted by atomic mass is 33.1. The van der Waals surface area contributed by atoms with Gasteiger partial charge in [-0.15, -0.1) is 0 Å². The number of hydrogen-bond acceptors (Lipinski definition) is 20. The molecular weight excluding hydrogens is 1160 g/mol. The van der Waals surface area contributed by atoms with Gasteiger partial charge in [0, 0.05) is 106 Å². The maximum absolute atomic E-state index is 13.7. The van der Waals surface area contributed by atoms with Crippen LogP contribution >= 0.6 is 33.3 Å². The summed E-state index contributed by atoms with van der Waals surface area (Å²) in [5.74, 6) is 1.81. The number of cyclic esters (lactones) is 1. The number of aliphatic hydroxyl groups is 1. The summed E-state index contributed by atoms with van der Waals surface area (Å²) in [6, 6.07) is 25.0. The van der Waals surface area contributed by atoms with Crippen LogP contribution in [0.2, 0.25) is 0 Å². The van der Waals surface area contributed by atoms with Crippen LogP contribution in [-0.2, 0) is 59.3 Å². The average molecular weight is 1230 g/mol. The molecule has 9 heterocycles. The molecule has 21 nitrogen and oxygen atoms in total. The first-order chi connectivity index (χ1) is 41.7. The molecule has 3 amide bonds. The number of nitrogens with zero attached hydrogens (tertiary/aromatic N) is 4. The monoisotopic (exact) mass is 1220 g/mol. The Labute approximate surface area is 505 Å². The number of pyridine rings is 2. The smallest absolute Gasteiger partial charge is 0.458 e. The fourth-order valence-electron chi connectivity index (χ4n) is 12.8. The first kappa shape index (κ1) is 57.2. The molecule has 7 aliphatic rings. The minimum absolute atomic E-state index is 0.0274. The van der Waals surface area contributed by atoms with Crippen molar-refractivity contribution in [2.45, 2.75) is 94.1 Å². The predicted molar refractivity (Wildman–Crippen MR) is 320 cm³/mol. The fourth-order valence-corrected chi connectivity index (χ4v) is 16.0. The van der Waals surface area contributed by atoms with Crippen molar-refractivity contribution in [3.05, 3.63) is 140 Å². The third-order valence-electron chi connectivity index (χ3n) is 17.1. The van der Waals surface area contributed by atoms with E-state index in [1.165, 1.54) is 21.6 Å². The number of ether oxygens (including phenoxy) is 7. The van der Waals surface area contributed by atoms with Crippen molar-refractivity contribution in [3.8, 4) is 34.4 Å². The Morgan fingerprint density at radius 1 is 0.802 bits per heavy atom. The van der Waals surface area contributed by atoms with Gasteiger partial charge in [-0.2, -0.15) is 11.8 Å². The minimum Gasteiger partial charge on any atom is -0.458 e. The molecule has 1 spiro atoms. The molecule has 86 heavy (non-hydrogen) atoms. The van der Waals surface area contributed by atoms with Gasteiger partial charge in [-0.25, -0.2) is 29.0 Å². The van der Waals surface area contributed by atoms with Gasteiger partial charge < -0.3 is 63.3 Å². The summed E-state index contributed by atoms with van der Waals surface area (Å²) in [6.45, 7) is 6.10. The van der Waals surface area contributed by atoms with Crippen molar-refractivity contribution in [3.63, 3.8) is 0 Å². The van der Waals surface area contributed by atoms with Crippen molar-refractivity contribution < 1.29 is 67.0 Å². The number of hydrogen-bond donors (Lipinski definition) is 3. The number of nitrogens with one attached hydrogen (secondary N) is 2. The van der Waals surface area contributed by atoms with E-state index < -0.39 is 35.5 Å². The van der Waals surface area contributed by atoms with Crippen molar-refractivity contribution in [2.24, 2.45) is 0 Å². The van der Waals surface area contributed by atoms with Crippen LogP contribution in [0.4, 0.5) is 20.1 Å². The maximum atomic E-state index is 13.7. The zero-order valence-electron chi connectivity index (χ0n) is 47.0. The predicted octanol–water partition coefficient (Wildman–Crippen LogP) is 8.70. The second-order valence-corrected chi connectivity index (χ2v) is 25.9. The van der Waals surface area contributed by atoms with Crippen molar-refractivity contribution in [1.29, 1.82) is 0 Å². The van der Waals surface area contributed by atoms with Gasteiger partial charge in [-0.1, -0.05) is 60.1 Å². The van der Waals surface area contributed by atoms with Crippen LogP contribution < -0.4 is 35.3 Å². The number of aryl methyl sites for hydroxylation is 1. The SMILES string of the molecule is CCc1c2c(nc3ccc(OC(=O)OCCSSCCOC(=O)Oc4ccc5c(c4)Oc4cc(N6CCN(C(=O)CCCC[C@@H]7SCC8NC(=O)NC87)CC6)ccc4C54OC(=O)c5ccccc54)cc13)-c1cc3c(c(=O)n1C2)COC(=O)[C@]3(O)CC. The Hall–Kier alpha value is -7.93. The van der Waals surface area contributed by atoms with Gasteiger partial charge in [0.2, 0.25) is 5.91 Å². The van der Waals surface area contributed by atoms with Gasteiger partial charge in [-0.3, -0.25) is 9.59 Å². The number of urea groups is 1. The highest BCUT2D eigenvalue weighted by Crippen LogP contribution is 2.57. The number of aromatic nitrogens is 2. The lowest BCUT2D eigenvalue weighted by molar-refractivity contribution is -0.172. The molecule has 446 valence electrons. The maximum Gasteiger partial charge on any atom is 0.513 e. The molecule has 0 saturated carbocycles. The summed E-state index contributed by atoms with van der Waals surface area (Å²) in [4.78, 5) is 99.9. The average Bonchev–Trinajstić information content (AvgIpc) is 2.99. The van der Waals surface area contributed by atoms with Crippen LogP contribution in [0.15, 0.2) is 89.7 Å². The normalized spacial score (nSPS) is 21.8. The van der Waals surface area contributed by atoms with Crippen LogP contribution in [0.5, 0.6) is 23.0 Å². The zero-order valence-corrected chi connectivity index (χ0v) is 49.5. The highest BCUT2D eigenvalue weighted by Gasteiger charge is 2.54. The molecule has 3 fully saturated rings. The Morgan fingerprint density at radius 2 is 1.52 bits per heavy atom. The Kier molecular flexibility index (Phi) is 15.5.